The molecular formula is C12H22N2O. The van der Waals surface area contributed by atoms with Crippen LogP contribution in [0.5, 0.6) is 0 Å². The summed E-state index contributed by atoms with van der Waals surface area (Å²) >= 11 is 0. The summed E-state index contributed by atoms with van der Waals surface area (Å²) in [6.45, 7) is 6.42. The molecule has 3 atom stereocenters. The van der Waals surface area contributed by atoms with Crippen molar-refractivity contribution in [2.75, 3.05) is 0 Å². The summed E-state index contributed by atoms with van der Waals surface area (Å²) in [6.07, 6.45) is 4.99. The van der Waals surface area contributed by atoms with Gasteiger partial charge in [-0.3, -0.25) is 10.1 Å². The van der Waals surface area contributed by atoms with Crippen molar-refractivity contribution in [3.05, 3.63) is 0 Å². The van der Waals surface area contributed by atoms with Crippen molar-refractivity contribution in [2.45, 2.75) is 64.7 Å². The zero-order chi connectivity index (χ0) is 11.0. The second kappa shape index (κ2) is 4.12. The van der Waals surface area contributed by atoms with Crippen LogP contribution in [0.3, 0.4) is 0 Å². The molecule has 2 aliphatic rings. The number of rotatable bonds is 3. The minimum absolute atomic E-state index is 0.0607. The summed E-state index contributed by atoms with van der Waals surface area (Å²) in [5.74, 6) is 0.784. The number of nitrogens with one attached hydrogen (secondary N) is 1. The fraction of sp³-hybridized carbons (Fsp3) is 0.917. The van der Waals surface area contributed by atoms with Gasteiger partial charge in [0, 0.05) is 6.04 Å². The molecular weight excluding hydrogens is 188 g/mol. The Balaban J connectivity index is 2.05. The molecule has 0 radical (unpaired) electrons. The van der Waals surface area contributed by atoms with Crippen LogP contribution < -0.4 is 5.32 Å². The van der Waals surface area contributed by atoms with Crippen LogP contribution in [-0.2, 0) is 4.79 Å². The van der Waals surface area contributed by atoms with E-state index in [-0.39, 0.29) is 12.2 Å². The Morgan fingerprint density at radius 3 is 2.67 bits per heavy atom. The normalized spacial score (nSPS) is 34.3. The highest BCUT2D eigenvalue weighted by atomic mass is 16.2. The van der Waals surface area contributed by atoms with Crippen LogP contribution in [0.1, 0.15) is 46.5 Å². The maximum atomic E-state index is 12.2. The van der Waals surface area contributed by atoms with Crippen molar-refractivity contribution in [1.29, 1.82) is 0 Å². The molecule has 15 heavy (non-hydrogen) atoms. The first-order chi connectivity index (χ1) is 7.15. The third-order valence-electron chi connectivity index (χ3n) is 4.04. The fourth-order valence-electron chi connectivity index (χ4n) is 2.57. The van der Waals surface area contributed by atoms with E-state index >= 15 is 0 Å². The average molecular weight is 210 g/mol. The Morgan fingerprint density at radius 1 is 1.53 bits per heavy atom. The van der Waals surface area contributed by atoms with E-state index in [9.17, 15) is 4.79 Å². The Morgan fingerprint density at radius 2 is 2.20 bits per heavy atom. The molecule has 1 heterocycles. The van der Waals surface area contributed by atoms with E-state index in [4.69, 9.17) is 0 Å². The predicted octanol–water partition coefficient (Wildman–Crippen LogP) is 1.73. The number of amides is 1. The number of carbonyl (C=O) groups is 1. The summed E-state index contributed by atoms with van der Waals surface area (Å²) in [7, 11) is 0. The van der Waals surface area contributed by atoms with E-state index in [2.05, 4.69) is 31.0 Å². The quantitative estimate of drug-likeness (QED) is 0.769. The van der Waals surface area contributed by atoms with Gasteiger partial charge in [-0.25, -0.2) is 0 Å². The van der Waals surface area contributed by atoms with Gasteiger partial charge < -0.3 is 4.90 Å². The maximum Gasteiger partial charge on any atom is 0.241 e. The first-order valence-corrected chi connectivity index (χ1v) is 6.23. The van der Waals surface area contributed by atoms with Gasteiger partial charge in [0.05, 0.1) is 12.2 Å². The Bertz CT molecular complexity index is 250. The van der Waals surface area contributed by atoms with Crippen molar-refractivity contribution in [3.8, 4) is 0 Å². The SMILES string of the molecule is CCC(C)C1NC(C)N(C2CCC2)C1=O. The molecule has 2 fully saturated rings. The third kappa shape index (κ3) is 1.78. The van der Waals surface area contributed by atoms with Gasteiger partial charge in [0.25, 0.3) is 0 Å². The molecule has 3 heteroatoms. The van der Waals surface area contributed by atoms with Crippen molar-refractivity contribution >= 4 is 5.91 Å². The summed E-state index contributed by atoms with van der Waals surface area (Å²) < 4.78 is 0. The molecule has 3 nitrogen and oxygen atoms in total. The van der Waals surface area contributed by atoms with Crippen LogP contribution in [0, 0.1) is 5.92 Å². The van der Waals surface area contributed by atoms with Crippen LogP contribution in [-0.4, -0.2) is 29.1 Å². The molecule has 0 aromatic carbocycles. The molecule has 0 spiro atoms. The van der Waals surface area contributed by atoms with Gasteiger partial charge in [0.15, 0.2) is 0 Å². The van der Waals surface area contributed by atoms with E-state index < -0.39 is 0 Å². The molecule has 1 saturated heterocycles. The highest BCUT2D eigenvalue weighted by Crippen LogP contribution is 2.30. The van der Waals surface area contributed by atoms with Crippen LogP contribution in [0.15, 0.2) is 0 Å². The summed E-state index contributed by atoms with van der Waals surface area (Å²) in [5.41, 5.74) is 0. The van der Waals surface area contributed by atoms with E-state index in [0.29, 0.717) is 17.9 Å². The van der Waals surface area contributed by atoms with Crippen molar-refractivity contribution in [1.82, 2.24) is 10.2 Å². The molecule has 0 bridgehead atoms. The van der Waals surface area contributed by atoms with Gasteiger partial charge in [-0.1, -0.05) is 20.3 Å². The molecule has 0 aromatic rings. The fourth-order valence-corrected chi connectivity index (χ4v) is 2.57. The molecule has 1 saturated carbocycles. The maximum absolute atomic E-state index is 12.2. The van der Waals surface area contributed by atoms with Crippen LogP contribution in [0.2, 0.25) is 0 Å². The molecule has 1 amide bonds. The lowest BCUT2D eigenvalue weighted by molar-refractivity contribution is -0.134. The lowest BCUT2D eigenvalue weighted by Gasteiger charge is -2.37. The van der Waals surface area contributed by atoms with Crippen molar-refractivity contribution in [2.24, 2.45) is 5.92 Å². The van der Waals surface area contributed by atoms with E-state index in [1.807, 2.05) is 0 Å². The molecule has 1 aliphatic heterocycles. The van der Waals surface area contributed by atoms with Gasteiger partial charge in [-0.05, 0) is 32.1 Å². The largest absolute Gasteiger partial charge is 0.323 e. The van der Waals surface area contributed by atoms with Crippen LogP contribution in [0.25, 0.3) is 0 Å². The molecule has 2 rings (SSSR count). The minimum Gasteiger partial charge on any atom is -0.323 e. The standard InChI is InChI=1S/C12H22N2O/c1-4-8(2)11-12(15)14(9(3)13-11)10-6-5-7-10/h8-11,13H,4-7H2,1-3H3. The molecule has 1 N–H and O–H groups in total. The molecule has 86 valence electrons. The zero-order valence-corrected chi connectivity index (χ0v) is 9.99. The molecule has 1 aliphatic carbocycles. The minimum atomic E-state index is 0.0607. The predicted molar refractivity (Wildman–Crippen MR) is 60.3 cm³/mol. The topological polar surface area (TPSA) is 32.3 Å². The molecule has 3 unspecified atom stereocenters. The van der Waals surface area contributed by atoms with Crippen LogP contribution in [0.4, 0.5) is 0 Å². The Hall–Kier alpha value is -0.570. The first kappa shape index (κ1) is 10.9. The van der Waals surface area contributed by atoms with Gasteiger partial charge in [0.2, 0.25) is 5.91 Å². The van der Waals surface area contributed by atoms with Gasteiger partial charge in [0.1, 0.15) is 0 Å². The highest BCUT2D eigenvalue weighted by molar-refractivity contribution is 5.85. The number of hydrogen-bond acceptors (Lipinski definition) is 2. The summed E-state index contributed by atoms with van der Waals surface area (Å²) in [5, 5.41) is 3.43. The highest BCUT2D eigenvalue weighted by Gasteiger charge is 2.43. The summed E-state index contributed by atoms with van der Waals surface area (Å²) in [6, 6.07) is 0.583. The lowest BCUT2D eigenvalue weighted by atomic mass is 9.90. The third-order valence-corrected chi connectivity index (χ3v) is 4.04. The van der Waals surface area contributed by atoms with Gasteiger partial charge in [-0.2, -0.15) is 0 Å². The first-order valence-electron chi connectivity index (χ1n) is 6.23. The molecule has 0 aromatic heterocycles. The van der Waals surface area contributed by atoms with E-state index in [1.54, 1.807) is 0 Å². The second-order valence-corrected chi connectivity index (χ2v) is 5.04. The summed E-state index contributed by atoms with van der Waals surface area (Å²) in [4.78, 5) is 14.3. The monoisotopic (exact) mass is 210 g/mol. The zero-order valence-electron chi connectivity index (χ0n) is 9.99. The smallest absolute Gasteiger partial charge is 0.241 e. The van der Waals surface area contributed by atoms with Crippen molar-refractivity contribution < 1.29 is 4.79 Å². The number of hydrogen-bond donors (Lipinski definition) is 1. The number of carbonyl (C=O) groups excluding carboxylic acids is 1. The van der Waals surface area contributed by atoms with Crippen LogP contribution >= 0.6 is 0 Å². The average Bonchev–Trinajstić information content (AvgIpc) is 2.42. The van der Waals surface area contributed by atoms with Crippen molar-refractivity contribution in [3.63, 3.8) is 0 Å². The van der Waals surface area contributed by atoms with E-state index in [0.717, 1.165) is 6.42 Å². The van der Waals surface area contributed by atoms with Gasteiger partial charge in [-0.15, -0.1) is 0 Å². The Labute approximate surface area is 92.2 Å². The van der Waals surface area contributed by atoms with Gasteiger partial charge >= 0.3 is 0 Å². The van der Waals surface area contributed by atoms with E-state index in [1.165, 1.54) is 19.3 Å². The Kier molecular flexibility index (Phi) is 3.01. The lowest BCUT2D eigenvalue weighted by Crippen LogP contribution is -2.46. The number of nitrogens with zero attached hydrogens (tertiary/aromatic N) is 1. The second-order valence-electron chi connectivity index (χ2n) is 5.04.